The van der Waals surface area contributed by atoms with Gasteiger partial charge in [0, 0.05) is 11.3 Å². The lowest BCUT2D eigenvalue weighted by molar-refractivity contribution is 0.0698. The van der Waals surface area contributed by atoms with Crippen molar-refractivity contribution in [3.63, 3.8) is 0 Å². The van der Waals surface area contributed by atoms with Gasteiger partial charge >= 0.3 is 5.97 Å². The number of aromatic carboxylic acids is 1. The number of nitrogens with one attached hydrogen (secondary N) is 1. The van der Waals surface area contributed by atoms with E-state index < -0.39 is 5.97 Å². The highest BCUT2D eigenvalue weighted by atomic mass is 32.1. The first-order valence-corrected chi connectivity index (χ1v) is 5.86. The Kier molecular flexibility index (Phi) is 2.03. The summed E-state index contributed by atoms with van der Waals surface area (Å²) in [4.78, 5) is 15.4. The SMILES string of the molecule is O=C(O)c1cn[nH]c1-c1csc(C2CC2)n1. The van der Waals surface area contributed by atoms with E-state index in [1.165, 1.54) is 19.0 Å². The lowest BCUT2D eigenvalue weighted by atomic mass is 10.2. The summed E-state index contributed by atoms with van der Waals surface area (Å²) in [6.07, 6.45) is 3.71. The number of hydrogen-bond acceptors (Lipinski definition) is 4. The predicted octanol–water partition coefficient (Wildman–Crippen LogP) is 2.11. The van der Waals surface area contributed by atoms with Gasteiger partial charge in [0.1, 0.15) is 11.3 Å². The van der Waals surface area contributed by atoms with Crippen LogP contribution in [0.3, 0.4) is 0 Å². The molecule has 2 aromatic rings. The number of H-pyrrole nitrogens is 1. The molecule has 0 saturated heterocycles. The number of thiazole rings is 1. The summed E-state index contributed by atoms with van der Waals surface area (Å²) < 4.78 is 0. The maximum absolute atomic E-state index is 10.9. The maximum atomic E-state index is 10.9. The van der Waals surface area contributed by atoms with E-state index in [9.17, 15) is 4.79 Å². The number of aromatic amines is 1. The van der Waals surface area contributed by atoms with Crippen LogP contribution in [0.1, 0.15) is 34.1 Å². The van der Waals surface area contributed by atoms with Gasteiger partial charge in [-0.15, -0.1) is 11.3 Å². The summed E-state index contributed by atoms with van der Waals surface area (Å²) >= 11 is 1.59. The van der Waals surface area contributed by atoms with Crippen LogP contribution in [-0.2, 0) is 0 Å². The molecular formula is C10H9N3O2S. The van der Waals surface area contributed by atoms with Gasteiger partial charge in [0.15, 0.2) is 0 Å². The van der Waals surface area contributed by atoms with Crippen molar-refractivity contribution in [1.82, 2.24) is 15.2 Å². The lowest BCUT2D eigenvalue weighted by Gasteiger charge is -1.93. The van der Waals surface area contributed by atoms with E-state index in [-0.39, 0.29) is 5.56 Å². The van der Waals surface area contributed by atoms with Gasteiger partial charge < -0.3 is 5.11 Å². The molecule has 16 heavy (non-hydrogen) atoms. The molecule has 1 aliphatic carbocycles. The third-order valence-electron chi connectivity index (χ3n) is 2.57. The third kappa shape index (κ3) is 1.51. The van der Waals surface area contributed by atoms with Crippen LogP contribution in [0.25, 0.3) is 11.4 Å². The lowest BCUT2D eigenvalue weighted by Crippen LogP contribution is -1.96. The molecule has 2 aromatic heterocycles. The monoisotopic (exact) mass is 235 g/mol. The van der Waals surface area contributed by atoms with E-state index in [1.807, 2.05) is 5.38 Å². The number of carbonyl (C=O) groups is 1. The van der Waals surface area contributed by atoms with Crippen LogP contribution in [0.5, 0.6) is 0 Å². The normalized spacial score (nSPS) is 15.2. The molecule has 0 unspecified atom stereocenters. The Morgan fingerprint density at radius 1 is 1.56 bits per heavy atom. The molecule has 0 aliphatic heterocycles. The van der Waals surface area contributed by atoms with Gasteiger partial charge in [0.2, 0.25) is 0 Å². The minimum absolute atomic E-state index is 0.174. The van der Waals surface area contributed by atoms with Gasteiger partial charge in [0.05, 0.1) is 16.9 Å². The molecule has 1 fully saturated rings. The molecule has 0 atom stereocenters. The van der Waals surface area contributed by atoms with Gasteiger partial charge in [0.25, 0.3) is 0 Å². The molecule has 0 spiro atoms. The predicted molar refractivity (Wildman–Crippen MR) is 58.6 cm³/mol. The molecule has 2 N–H and O–H groups in total. The zero-order valence-electron chi connectivity index (χ0n) is 8.30. The zero-order chi connectivity index (χ0) is 11.1. The van der Waals surface area contributed by atoms with Gasteiger partial charge in [-0.2, -0.15) is 5.10 Å². The number of rotatable bonds is 3. The minimum Gasteiger partial charge on any atom is -0.478 e. The minimum atomic E-state index is -0.982. The largest absolute Gasteiger partial charge is 0.478 e. The molecule has 1 saturated carbocycles. The Bertz CT molecular complexity index is 542. The molecule has 3 rings (SSSR count). The standard InChI is InChI=1S/C10H9N3O2S/c14-10(15)6-3-11-13-8(6)7-4-16-9(12-7)5-1-2-5/h3-5H,1-2H2,(H,11,13)(H,14,15). The Morgan fingerprint density at radius 3 is 3.06 bits per heavy atom. The van der Waals surface area contributed by atoms with Crippen molar-refractivity contribution >= 4 is 17.3 Å². The van der Waals surface area contributed by atoms with E-state index in [2.05, 4.69) is 15.2 Å². The Hall–Kier alpha value is -1.69. The molecule has 82 valence electrons. The topological polar surface area (TPSA) is 78.9 Å². The fraction of sp³-hybridized carbons (Fsp3) is 0.300. The second kappa shape index (κ2) is 3.41. The summed E-state index contributed by atoms with van der Waals surface area (Å²) in [6.45, 7) is 0. The number of hydrogen-bond donors (Lipinski definition) is 2. The summed E-state index contributed by atoms with van der Waals surface area (Å²) in [5.74, 6) is -0.389. The average Bonchev–Trinajstić information content (AvgIpc) is 2.83. The van der Waals surface area contributed by atoms with E-state index in [0.717, 1.165) is 5.01 Å². The van der Waals surface area contributed by atoms with Crippen molar-refractivity contribution in [2.24, 2.45) is 0 Å². The maximum Gasteiger partial charge on any atom is 0.339 e. The smallest absolute Gasteiger partial charge is 0.339 e. The van der Waals surface area contributed by atoms with Gasteiger partial charge in [-0.1, -0.05) is 0 Å². The summed E-state index contributed by atoms with van der Waals surface area (Å²) in [7, 11) is 0. The molecule has 6 heteroatoms. The van der Waals surface area contributed by atoms with Crippen molar-refractivity contribution in [3.8, 4) is 11.4 Å². The van der Waals surface area contributed by atoms with Crippen molar-refractivity contribution in [3.05, 3.63) is 22.1 Å². The Morgan fingerprint density at radius 2 is 2.38 bits per heavy atom. The van der Waals surface area contributed by atoms with Crippen LogP contribution in [-0.4, -0.2) is 26.3 Å². The van der Waals surface area contributed by atoms with E-state index in [4.69, 9.17) is 5.11 Å². The molecule has 2 heterocycles. The van der Waals surface area contributed by atoms with Crippen LogP contribution in [0, 0.1) is 0 Å². The molecule has 1 aliphatic rings. The van der Waals surface area contributed by atoms with Crippen molar-refractivity contribution in [2.75, 3.05) is 0 Å². The quantitative estimate of drug-likeness (QED) is 0.853. The van der Waals surface area contributed by atoms with Crippen molar-refractivity contribution in [1.29, 1.82) is 0 Å². The Balaban J connectivity index is 2.00. The fourth-order valence-electron chi connectivity index (χ4n) is 1.56. The highest BCUT2D eigenvalue weighted by Gasteiger charge is 2.27. The van der Waals surface area contributed by atoms with Crippen molar-refractivity contribution < 1.29 is 9.90 Å². The molecule has 0 radical (unpaired) electrons. The third-order valence-corrected chi connectivity index (χ3v) is 3.58. The summed E-state index contributed by atoms with van der Waals surface area (Å²) in [5.41, 5.74) is 1.35. The van der Waals surface area contributed by atoms with Crippen LogP contribution < -0.4 is 0 Å². The number of nitrogens with zero attached hydrogens (tertiary/aromatic N) is 2. The number of carboxylic acid groups (broad SMARTS) is 1. The highest BCUT2D eigenvalue weighted by molar-refractivity contribution is 7.10. The van der Waals surface area contributed by atoms with Gasteiger partial charge in [-0.3, -0.25) is 5.10 Å². The van der Waals surface area contributed by atoms with Crippen molar-refractivity contribution in [2.45, 2.75) is 18.8 Å². The summed E-state index contributed by atoms with van der Waals surface area (Å²) in [6, 6.07) is 0. The highest BCUT2D eigenvalue weighted by Crippen LogP contribution is 2.42. The van der Waals surface area contributed by atoms with E-state index >= 15 is 0 Å². The first kappa shape index (κ1) is 9.53. The van der Waals surface area contributed by atoms with Gasteiger partial charge in [-0.05, 0) is 12.8 Å². The van der Waals surface area contributed by atoms with Gasteiger partial charge in [-0.25, -0.2) is 9.78 Å². The average molecular weight is 235 g/mol. The molecule has 0 amide bonds. The Labute approximate surface area is 95.2 Å². The molecule has 0 aromatic carbocycles. The van der Waals surface area contributed by atoms with Crippen LogP contribution in [0.15, 0.2) is 11.6 Å². The second-order valence-electron chi connectivity index (χ2n) is 3.81. The molecule has 5 nitrogen and oxygen atoms in total. The first-order chi connectivity index (χ1) is 7.75. The number of carboxylic acids is 1. The fourth-order valence-corrected chi connectivity index (χ4v) is 2.55. The number of aromatic nitrogens is 3. The van der Waals surface area contributed by atoms with Crippen LogP contribution in [0.4, 0.5) is 0 Å². The molecule has 0 bridgehead atoms. The summed E-state index contributed by atoms with van der Waals surface area (Å²) in [5, 5.41) is 18.4. The second-order valence-corrected chi connectivity index (χ2v) is 4.70. The van der Waals surface area contributed by atoms with E-state index in [0.29, 0.717) is 17.3 Å². The first-order valence-electron chi connectivity index (χ1n) is 4.98. The molecular weight excluding hydrogens is 226 g/mol. The van der Waals surface area contributed by atoms with E-state index in [1.54, 1.807) is 11.3 Å². The van der Waals surface area contributed by atoms with Crippen LogP contribution in [0.2, 0.25) is 0 Å². The van der Waals surface area contributed by atoms with Crippen LogP contribution >= 0.6 is 11.3 Å². The zero-order valence-corrected chi connectivity index (χ0v) is 9.12.